The van der Waals surface area contributed by atoms with Crippen LogP contribution in [0, 0.1) is 32.5 Å². The van der Waals surface area contributed by atoms with Crippen molar-refractivity contribution in [1.29, 1.82) is 0 Å². The molecular weight excluding hydrogens is 996 g/mol. The van der Waals surface area contributed by atoms with Crippen molar-refractivity contribution < 1.29 is 38.5 Å². The number of pyridine rings is 4. The van der Waals surface area contributed by atoms with E-state index in [4.69, 9.17) is 4.74 Å². The lowest BCUT2D eigenvalue weighted by Crippen LogP contribution is -2.40. The predicted molar refractivity (Wildman–Crippen MR) is 298 cm³/mol. The molecule has 0 bridgehead atoms. The Kier molecular flexibility index (Phi) is 21.9. The average molecular weight is 1070 g/mol. The Balaban J connectivity index is 0.968. The zero-order valence-corrected chi connectivity index (χ0v) is 45.6. The Morgan fingerprint density at radius 3 is 1.72 bits per heavy atom. The van der Waals surface area contributed by atoms with Crippen molar-refractivity contribution in [2.75, 3.05) is 46.4 Å². The smallest absolute Gasteiger partial charge is 0.305 e. The lowest BCUT2D eigenvalue weighted by Gasteiger charge is -2.25. The average Bonchev–Trinajstić information content (AvgIpc) is 3.42. The minimum Gasteiger partial charge on any atom is -0.481 e. The van der Waals surface area contributed by atoms with E-state index >= 15 is 0 Å². The minimum absolute atomic E-state index is 0.00679. The van der Waals surface area contributed by atoms with Crippen LogP contribution in [0.5, 0.6) is 0 Å². The van der Waals surface area contributed by atoms with Gasteiger partial charge in [0.25, 0.3) is 11.1 Å². The Hall–Kier alpha value is -7.67. The molecule has 0 saturated heterocycles. The lowest BCUT2D eigenvalue weighted by molar-refractivity contribution is -0.139. The second-order valence-electron chi connectivity index (χ2n) is 20.3. The van der Waals surface area contributed by atoms with Gasteiger partial charge in [0, 0.05) is 85.6 Å². The molecule has 0 radical (unpaired) electrons. The molecule has 18 heteroatoms. The van der Waals surface area contributed by atoms with Gasteiger partial charge in [-0.2, -0.15) is 0 Å². The number of rotatable bonds is 29. The standard InChI is InChI=1S/C60H73FN8O9/c1-8-51(59(76)65-49(30-55(72)73)44-28-46(34-63-32-44)57-39(4)11-9-12-40(57)5)68-37-43(16-18-53(68)70)20-23-67(7)24-26-78-25-22-62-21-19-42-15-17-54(71)69(36-42)52(27-38(2)3)60(77)66-50(31-56(74)75)45-29-47(35-64-33-45)58-41(6)13-10-14-48(58)61/h9-18,28-29,32-38,49-52,62H,8,19-27,30-31H2,1-7H3,(H,65,76)(H,66,77)(H,72,73)(H,74,75)/t49-,50-,51-,52-/m0/s1. The summed E-state index contributed by atoms with van der Waals surface area (Å²) in [6.07, 6.45) is 10.5. The lowest BCUT2D eigenvalue weighted by atomic mass is 9.94. The SMILES string of the molecule is CC[C@@H](C(=O)N[C@@H](CC(=O)O)c1cncc(-c2c(C)cccc2C)c1)n1cc(CCN(C)CCOCCNCCc2ccc(=O)n([C@@H](CC(C)C)C(=O)N[C@@H](CC(=O)O)c3cncc(-c4c(C)cccc4F)c3)c2)ccc1=O. The van der Waals surface area contributed by atoms with Crippen LogP contribution in [-0.2, 0) is 36.8 Å². The number of aliphatic carboxylic acids is 2. The summed E-state index contributed by atoms with van der Waals surface area (Å²) in [5.41, 5.74) is 7.25. The molecule has 4 aromatic heterocycles. The summed E-state index contributed by atoms with van der Waals surface area (Å²) in [5.74, 6) is -3.67. The van der Waals surface area contributed by atoms with Gasteiger partial charge >= 0.3 is 11.9 Å². The van der Waals surface area contributed by atoms with E-state index in [2.05, 4.69) is 30.8 Å². The molecule has 5 N–H and O–H groups in total. The van der Waals surface area contributed by atoms with E-state index in [-0.39, 0.29) is 23.5 Å². The fourth-order valence-electron chi connectivity index (χ4n) is 9.67. The highest BCUT2D eigenvalue weighted by Gasteiger charge is 2.29. The van der Waals surface area contributed by atoms with Crippen molar-refractivity contribution in [1.82, 2.24) is 40.0 Å². The fraction of sp³-hybridized carbons (Fsp3) is 0.400. The molecule has 2 aromatic carbocycles. The summed E-state index contributed by atoms with van der Waals surface area (Å²) in [7, 11) is 1.97. The molecule has 17 nitrogen and oxygen atoms in total. The first kappa shape index (κ1) is 59.6. The third-order valence-corrected chi connectivity index (χ3v) is 13.8. The number of hydrogen-bond donors (Lipinski definition) is 5. The van der Waals surface area contributed by atoms with Crippen LogP contribution in [0.15, 0.2) is 120 Å². The number of likely N-dealkylation sites (N-methyl/N-ethyl adjacent to an activating group) is 1. The van der Waals surface area contributed by atoms with Crippen molar-refractivity contribution in [3.8, 4) is 22.3 Å². The fourth-order valence-corrected chi connectivity index (χ4v) is 9.67. The van der Waals surface area contributed by atoms with Gasteiger partial charge in [-0.25, -0.2) is 4.39 Å². The Bertz CT molecular complexity index is 3120. The number of nitrogens with one attached hydrogen (secondary N) is 3. The Labute approximate surface area is 454 Å². The van der Waals surface area contributed by atoms with Crippen LogP contribution in [0.25, 0.3) is 22.3 Å². The number of nitrogens with zero attached hydrogens (tertiary/aromatic N) is 5. The maximum Gasteiger partial charge on any atom is 0.305 e. The molecule has 4 heterocycles. The third kappa shape index (κ3) is 16.7. The highest BCUT2D eigenvalue weighted by atomic mass is 19.1. The van der Waals surface area contributed by atoms with Crippen molar-refractivity contribution in [3.63, 3.8) is 0 Å². The first-order valence-electron chi connectivity index (χ1n) is 26.5. The second-order valence-corrected chi connectivity index (χ2v) is 20.3. The molecule has 78 heavy (non-hydrogen) atoms. The van der Waals surface area contributed by atoms with E-state index < -0.39 is 60.2 Å². The van der Waals surface area contributed by atoms with Gasteiger partial charge in [0.05, 0.1) is 38.1 Å². The summed E-state index contributed by atoms with van der Waals surface area (Å²) >= 11 is 0. The number of carboxylic acids is 2. The largest absolute Gasteiger partial charge is 0.481 e. The molecule has 0 saturated carbocycles. The van der Waals surface area contributed by atoms with E-state index in [9.17, 15) is 43.4 Å². The number of amides is 2. The quantitative estimate of drug-likeness (QED) is 0.0284. The first-order valence-corrected chi connectivity index (χ1v) is 26.5. The molecule has 0 aliphatic rings. The molecule has 0 aliphatic carbocycles. The Morgan fingerprint density at radius 2 is 1.18 bits per heavy atom. The number of aromatic nitrogens is 4. The van der Waals surface area contributed by atoms with Gasteiger partial charge in [0.1, 0.15) is 17.9 Å². The van der Waals surface area contributed by atoms with Crippen LogP contribution in [0.1, 0.15) is 110 Å². The molecule has 6 rings (SSSR count). The normalized spacial score (nSPS) is 13.0. The van der Waals surface area contributed by atoms with Crippen LogP contribution in [0.2, 0.25) is 0 Å². The number of ether oxygens (including phenoxy) is 1. The van der Waals surface area contributed by atoms with Gasteiger partial charge < -0.3 is 44.9 Å². The number of halogens is 1. The van der Waals surface area contributed by atoms with Gasteiger partial charge in [-0.1, -0.05) is 63.2 Å². The van der Waals surface area contributed by atoms with Crippen molar-refractivity contribution in [2.24, 2.45) is 5.92 Å². The van der Waals surface area contributed by atoms with E-state index in [0.717, 1.165) is 33.4 Å². The zero-order valence-electron chi connectivity index (χ0n) is 45.6. The number of carbonyl (C=O) groups is 4. The minimum atomic E-state index is -1.15. The summed E-state index contributed by atoms with van der Waals surface area (Å²) in [6.45, 7) is 14.8. The van der Waals surface area contributed by atoms with Crippen LogP contribution >= 0.6 is 0 Å². The van der Waals surface area contributed by atoms with Gasteiger partial charge in [0.15, 0.2) is 0 Å². The first-order chi connectivity index (χ1) is 37.3. The second kappa shape index (κ2) is 28.6. The monoisotopic (exact) mass is 1070 g/mol. The predicted octanol–water partition coefficient (Wildman–Crippen LogP) is 7.72. The number of carboxylic acid groups (broad SMARTS) is 2. The van der Waals surface area contributed by atoms with Crippen LogP contribution in [-0.4, -0.2) is 104 Å². The Morgan fingerprint density at radius 1 is 0.667 bits per heavy atom. The third-order valence-electron chi connectivity index (χ3n) is 13.8. The summed E-state index contributed by atoms with van der Waals surface area (Å²) < 4.78 is 23.7. The van der Waals surface area contributed by atoms with Gasteiger partial charge in [0.2, 0.25) is 11.8 Å². The maximum atomic E-state index is 14.9. The van der Waals surface area contributed by atoms with E-state index in [1.54, 1.807) is 62.0 Å². The van der Waals surface area contributed by atoms with E-state index in [1.807, 2.05) is 65.9 Å². The topological polar surface area (TPSA) is 227 Å². The van der Waals surface area contributed by atoms with Crippen LogP contribution in [0.3, 0.4) is 0 Å². The van der Waals surface area contributed by atoms with Gasteiger partial charge in [-0.15, -0.1) is 0 Å². The van der Waals surface area contributed by atoms with E-state index in [0.29, 0.717) is 92.9 Å². The molecule has 6 aromatic rings. The van der Waals surface area contributed by atoms with Crippen molar-refractivity contribution >= 4 is 23.8 Å². The highest BCUT2D eigenvalue weighted by molar-refractivity contribution is 5.83. The molecule has 0 unspecified atom stereocenters. The number of benzene rings is 2. The number of aryl methyl sites for hydroxylation is 3. The number of hydrogen-bond acceptors (Lipinski definition) is 11. The summed E-state index contributed by atoms with van der Waals surface area (Å²) in [5, 5.41) is 28.8. The van der Waals surface area contributed by atoms with Crippen LogP contribution < -0.4 is 27.1 Å². The van der Waals surface area contributed by atoms with Crippen molar-refractivity contribution in [2.45, 2.75) is 104 Å². The van der Waals surface area contributed by atoms with Crippen LogP contribution in [0.4, 0.5) is 4.39 Å². The molecule has 0 aliphatic heterocycles. The maximum absolute atomic E-state index is 14.9. The molecule has 0 spiro atoms. The van der Waals surface area contributed by atoms with Gasteiger partial charge in [-0.3, -0.25) is 38.7 Å². The summed E-state index contributed by atoms with van der Waals surface area (Å²) in [4.78, 5) is 89.4. The number of carbonyl (C=O) groups excluding carboxylic acids is 2. The van der Waals surface area contributed by atoms with E-state index in [1.165, 1.54) is 39.7 Å². The molecular formula is C60H73FN8O9. The van der Waals surface area contributed by atoms with Gasteiger partial charge in [-0.05, 0) is 129 Å². The molecule has 2 amide bonds. The summed E-state index contributed by atoms with van der Waals surface area (Å²) in [6, 6.07) is 16.8. The van der Waals surface area contributed by atoms with Crippen molar-refractivity contribution in [3.05, 3.63) is 175 Å². The molecule has 414 valence electrons. The molecule has 0 fully saturated rings. The molecule has 4 atom stereocenters. The highest BCUT2D eigenvalue weighted by Crippen LogP contribution is 2.31. The zero-order chi connectivity index (χ0) is 56.5.